The zero-order valence-corrected chi connectivity index (χ0v) is 14.8. The minimum atomic E-state index is -0.441. The predicted molar refractivity (Wildman–Crippen MR) is 94.1 cm³/mol. The second-order valence-electron chi connectivity index (χ2n) is 7.63. The Hall–Kier alpha value is -1.88. The van der Waals surface area contributed by atoms with Crippen LogP contribution in [0.1, 0.15) is 37.7 Å². The number of hydrogen-bond acceptors (Lipinski definition) is 3. The molecule has 1 saturated carbocycles. The van der Waals surface area contributed by atoms with Gasteiger partial charge in [-0.05, 0) is 24.8 Å². The average Bonchev–Trinajstić information content (AvgIpc) is 3.29. The van der Waals surface area contributed by atoms with E-state index in [2.05, 4.69) is 12.1 Å². The van der Waals surface area contributed by atoms with E-state index < -0.39 is 5.41 Å². The highest BCUT2D eigenvalue weighted by Crippen LogP contribution is 2.43. The van der Waals surface area contributed by atoms with Gasteiger partial charge < -0.3 is 14.5 Å². The van der Waals surface area contributed by atoms with Gasteiger partial charge >= 0.3 is 0 Å². The summed E-state index contributed by atoms with van der Waals surface area (Å²) in [5, 5.41) is 0. The van der Waals surface area contributed by atoms with Crippen LogP contribution in [-0.2, 0) is 19.7 Å². The zero-order valence-electron chi connectivity index (χ0n) is 14.8. The van der Waals surface area contributed by atoms with E-state index in [4.69, 9.17) is 4.74 Å². The van der Waals surface area contributed by atoms with Crippen molar-refractivity contribution in [1.29, 1.82) is 0 Å². The lowest BCUT2D eigenvalue weighted by atomic mass is 9.77. The zero-order chi connectivity index (χ0) is 17.4. The van der Waals surface area contributed by atoms with Crippen LogP contribution in [-0.4, -0.2) is 60.5 Å². The number of methoxy groups -OCH3 is 1. The third-order valence-corrected chi connectivity index (χ3v) is 6.27. The van der Waals surface area contributed by atoms with Crippen LogP contribution in [0.3, 0.4) is 0 Å². The molecule has 4 rings (SSSR count). The number of fused-ring (bicyclic) bond motifs is 1. The lowest BCUT2D eigenvalue weighted by Crippen LogP contribution is -2.58. The molecule has 0 unspecified atom stereocenters. The molecule has 3 fully saturated rings. The number of carbonyl (C=O) groups excluding carboxylic acids is 2. The van der Waals surface area contributed by atoms with Gasteiger partial charge in [0.15, 0.2) is 0 Å². The van der Waals surface area contributed by atoms with E-state index in [1.807, 2.05) is 28.0 Å². The minimum absolute atomic E-state index is 0.0605. The van der Waals surface area contributed by atoms with Crippen molar-refractivity contribution in [1.82, 2.24) is 9.80 Å². The Morgan fingerprint density at radius 2 is 1.88 bits per heavy atom. The Labute approximate surface area is 148 Å². The van der Waals surface area contributed by atoms with Gasteiger partial charge in [-0.15, -0.1) is 0 Å². The van der Waals surface area contributed by atoms with E-state index >= 15 is 0 Å². The van der Waals surface area contributed by atoms with Crippen molar-refractivity contribution in [2.24, 2.45) is 0 Å². The van der Waals surface area contributed by atoms with Gasteiger partial charge in [-0.25, -0.2) is 0 Å². The molecule has 5 heteroatoms. The number of carbonyl (C=O) groups is 2. The lowest BCUT2D eigenvalue weighted by molar-refractivity contribution is -0.150. The van der Waals surface area contributed by atoms with Crippen molar-refractivity contribution < 1.29 is 14.3 Å². The molecule has 2 aliphatic heterocycles. The Bertz CT molecular complexity index is 654. The van der Waals surface area contributed by atoms with E-state index in [-0.39, 0.29) is 30.5 Å². The minimum Gasteiger partial charge on any atom is -0.380 e. The van der Waals surface area contributed by atoms with Crippen molar-refractivity contribution in [2.75, 3.05) is 26.7 Å². The smallest absolute Gasteiger partial charge is 0.242 e. The van der Waals surface area contributed by atoms with Gasteiger partial charge in [0.25, 0.3) is 0 Å². The predicted octanol–water partition coefficient (Wildman–Crippen LogP) is 1.96. The topological polar surface area (TPSA) is 49.9 Å². The molecule has 0 N–H and O–H groups in total. The monoisotopic (exact) mass is 342 g/mol. The van der Waals surface area contributed by atoms with Gasteiger partial charge in [-0.3, -0.25) is 9.59 Å². The summed E-state index contributed by atoms with van der Waals surface area (Å²) < 4.78 is 5.44. The first-order chi connectivity index (χ1) is 12.1. The van der Waals surface area contributed by atoms with Crippen LogP contribution in [0.25, 0.3) is 0 Å². The van der Waals surface area contributed by atoms with Gasteiger partial charge in [0, 0.05) is 20.2 Å². The maximum absolute atomic E-state index is 13.5. The van der Waals surface area contributed by atoms with Crippen molar-refractivity contribution in [2.45, 2.75) is 49.7 Å². The molecule has 2 heterocycles. The van der Waals surface area contributed by atoms with Gasteiger partial charge in [-0.1, -0.05) is 43.2 Å². The van der Waals surface area contributed by atoms with Crippen LogP contribution in [0.15, 0.2) is 30.3 Å². The molecule has 134 valence electrons. The Morgan fingerprint density at radius 3 is 2.56 bits per heavy atom. The highest BCUT2D eigenvalue weighted by molar-refractivity contribution is 5.93. The van der Waals surface area contributed by atoms with Gasteiger partial charge in [0.1, 0.15) is 0 Å². The highest BCUT2D eigenvalue weighted by Gasteiger charge is 2.48. The third-order valence-electron chi connectivity index (χ3n) is 6.27. The summed E-state index contributed by atoms with van der Waals surface area (Å²) in [5.41, 5.74) is 0.664. The molecule has 3 aliphatic rings. The Kier molecular flexibility index (Phi) is 4.28. The van der Waals surface area contributed by atoms with Gasteiger partial charge in [-0.2, -0.15) is 0 Å². The fourth-order valence-electron chi connectivity index (χ4n) is 4.92. The molecule has 2 saturated heterocycles. The molecule has 2 atom stereocenters. The lowest BCUT2D eigenvalue weighted by Gasteiger charge is -2.41. The fraction of sp³-hybridized carbons (Fsp3) is 0.600. The summed E-state index contributed by atoms with van der Waals surface area (Å²) in [6.45, 7) is 1.51. The van der Waals surface area contributed by atoms with Crippen molar-refractivity contribution >= 4 is 11.8 Å². The Morgan fingerprint density at radius 1 is 1.16 bits per heavy atom. The molecule has 2 amide bonds. The normalized spacial score (nSPS) is 28.3. The van der Waals surface area contributed by atoms with E-state index in [1.54, 1.807) is 7.11 Å². The number of hydrogen-bond donors (Lipinski definition) is 0. The Balaban J connectivity index is 1.58. The number of amides is 2. The summed E-state index contributed by atoms with van der Waals surface area (Å²) in [7, 11) is 1.69. The first kappa shape index (κ1) is 16.6. The van der Waals surface area contributed by atoms with E-state index in [0.717, 1.165) is 37.7 Å². The molecular weight excluding hydrogens is 316 g/mol. The summed E-state index contributed by atoms with van der Waals surface area (Å²) in [4.78, 5) is 29.8. The number of benzene rings is 1. The van der Waals surface area contributed by atoms with Gasteiger partial charge in [0.2, 0.25) is 11.8 Å². The van der Waals surface area contributed by atoms with Crippen molar-refractivity contribution in [3.63, 3.8) is 0 Å². The first-order valence-electron chi connectivity index (χ1n) is 9.31. The van der Waals surface area contributed by atoms with Crippen LogP contribution in [0.5, 0.6) is 0 Å². The van der Waals surface area contributed by atoms with Gasteiger partial charge in [0.05, 0.1) is 24.1 Å². The molecule has 0 spiro atoms. The number of ether oxygens (including phenoxy) is 1. The van der Waals surface area contributed by atoms with Crippen LogP contribution >= 0.6 is 0 Å². The van der Waals surface area contributed by atoms with E-state index in [1.165, 1.54) is 0 Å². The molecular formula is C20H26N2O3. The summed E-state index contributed by atoms with van der Waals surface area (Å²) in [6, 6.07) is 10.2. The van der Waals surface area contributed by atoms with Crippen LogP contribution in [0, 0.1) is 0 Å². The molecule has 5 nitrogen and oxygen atoms in total. The SMILES string of the molecule is CO[C@H]1C[C@H]2CN(C(=O)C3(c4ccccc4)CCCC3)CC(=O)N2C1. The van der Waals surface area contributed by atoms with Crippen LogP contribution in [0.4, 0.5) is 0 Å². The summed E-state index contributed by atoms with van der Waals surface area (Å²) >= 11 is 0. The maximum atomic E-state index is 13.5. The van der Waals surface area contributed by atoms with Crippen molar-refractivity contribution in [3.8, 4) is 0 Å². The molecule has 25 heavy (non-hydrogen) atoms. The molecule has 0 radical (unpaired) electrons. The number of piperazine rings is 1. The first-order valence-corrected chi connectivity index (χ1v) is 9.31. The van der Waals surface area contributed by atoms with Crippen molar-refractivity contribution in [3.05, 3.63) is 35.9 Å². The quantitative estimate of drug-likeness (QED) is 0.844. The number of nitrogens with zero attached hydrogens (tertiary/aromatic N) is 2. The number of rotatable bonds is 3. The van der Waals surface area contributed by atoms with Crippen LogP contribution in [0.2, 0.25) is 0 Å². The van der Waals surface area contributed by atoms with Crippen LogP contribution < -0.4 is 0 Å². The third kappa shape index (κ3) is 2.74. The second kappa shape index (κ2) is 6.45. The van der Waals surface area contributed by atoms with E-state index in [0.29, 0.717) is 13.1 Å². The highest BCUT2D eigenvalue weighted by atomic mass is 16.5. The van der Waals surface area contributed by atoms with E-state index in [9.17, 15) is 9.59 Å². The standard InChI is InChI=1S/C20H26N2O3/c1-25-17-11-16-12-21(14-18(23)22(16)13-17)19(24)20(9-5-6-10-20)15-7-3-2-4-8-15/h2-4,7-8,16-17H,5-6,9-14H2,1H3/t16-,17-/m0/s1. The molecule has 1 aromatic rings. The summed E-state index contributed by atoms with van der Waals surface area (Å²) in [5.74, 6) is 0.204. The average molecular weight is 342 g/mol. The molecule has 1 aliphatic carbocycles. The molecule has 0 bridgehead atoms. The molecule has 1 aromatic carbocycles. The second-order valence-corrected chi connectivity index (χ2v) is 7.63. The largest absolute Gasteiger partial charge is 0.380 e. The molecule has 0 aromatic heterocycles. The fourth-order valence-corrected chi connectivity index (χ4v) is 4.92. The maximum Gasteiger partial charge on any atom is 0.242 e. The summed E-state index contributed by atoms with van der Waals surface area (Å²) in [6.07, 6.45) is 4.84.